The molecule has 0 amide bonds. The molecule has 3 N–H and O–H groups in total. The minimum absolute atomic E-state index is 0.0646. The van der Waals surface area contributed by atoms with Gasteiger partial charge in [0.05, 0.1) is 31.2 Å². The molecule has 3 aromatic rings. The number of methoxy groups -OCH3 is 1. The number of aromatic nitrogens is 2. The number of imidazole rings is 1. The van der Waals surface area contributed by atoms with Gasteiger partial charge in [0.15, 0.2) is 0 Å². The molecule has 0 saturated carbocycles. The number of nitrogens with one attached hydrogen (secondary N) is 1. The molecule has 0 fully saturated rings. The largest absolute Gasteiger partial charge is 0.469 e. The normalized spacial score (nSPS) is 10.6. The van der Waals surface area contributed by atoms with Crippen molar-refractivity contribution in [3.63, 3.8) is 0 Å². The summed E-state index contributed by atoms with van der Waals surface area (Å²) in [7, 11) is 1.39. The number of esters is 1. The summed E-state index contributed by atoms with van der Waals surface area (Å²) in [6, 6.07) is 13.9. The highest BCUT2D eigenvalue weighted by Crippen LogP contribution is 2.30. The van der Waals surface area contributed by atoms with Crippen LogP contribution in [0.4, 0.5) is 0 Å². The standard InChI is InChI=1S/C21H22N4O2S/c1-27-20(26)10-8-17-12-25(13-24-17)18-9-7-16(11-19(18)28-2)14-3-5-15(6-4-14)21(22)23/h3-7,9,11-13H,8,10H2,1-2H3,(H3,22,23). The molecule has 3 rings (SSSR count). The number of thioether (sulfide) groups is 1. The fourth-order valence-corrected chi connectivity index (χ4v) is 3.50. The van der Waals surface area contributed by atoms with Crippen molar-refractivity contribution < 1.29 is 9.53 Å². The number of nitrogens with zero attached hydrogens (tertiary/aromatic N) is 2. The van der Waals surface area contributed by atoms with Crippen LogP contribution < -0.4 is 5.73 Å². The van der Waals surface area contributed by atoms with Gasteiger partial charge >= 0.3 is 5.97 Å². The van der Waals surface area contributed by atoms with Crippen molar-refractivity contribution >= 4 is 23.6 Å². The molecule has 1 heterocycles. The summed E-state index contributed by atoms with van der Waals surface area (Å²) in [5.41, 5.74) is 10.3. The SMILES string of the molecule is COC(=O)CCc1cn(-c2ccc(-c3ccc(C(=N)N)cc3)cc2SC)cn1. The molecule has 0 unspecified atom stereocenters. The number of carbonyl (C=O) groups excluding carboxylic acids is 1. The molecular weight excluding hydrogens is 372 g/mol. The zero-order valence-electron chi connectivity index (χ0n) is 15.8. The second kappa shape index (κ2) is 8.75. The maximum absolute atomic E-state index is 11.3. The lowest BCUT2D eigenvalue weighted by Gasteiger charge is -2.11. The maximum atomic E-state index is 11.3. The minimum Gasteiger partial charge on any atom is -0.469 e. The third-order valence-electron chi connectivity index (χ3n) is 4.44. The smallest absolute Gasteiger partial charge is 0.305 e. The van der Waals surface area contributed by atoms with Gasteiger partial charge in [-0.2, -0.15) is 0 Å². The van der Waals surface area contributed by atoms with Gasteiger partial charge in [-0.25, -0.2) is 4.98 Å². The van der Waals surface area contributed by atoms with Crippen molar-refractivity contribution in [1.29, 1.82) is 5.41 Å². The Balaban J connectivity index is 1.84. The number of aryl methyl sites for hydroxylation is 1. The highest BCUT2D eigenvalue weighted by molar-refractivity contribution is 7.98. The molecule has 28 heavy (non-hydrogen) atoms. The van der Waals surface area contributed by atoms with E-state index in [0.717, 1.165) is 27.4 Å². The molecule has 1 aromatic heterocycles. The molecule has 0 radical (unpaired) electrons. The van der Waals surface area contributed by atoms with Crippen molar-refractivity contribution in [3.05, 3.63) is 66.2 Å². The van der Waals surface area contributed by atoms with E-state index in [1.54, 1.807) is 18.1 Å². The van der Waals surface area contributed by atoms with Crippen molar-refractivity contribution in [1.82, 2.24) is 9.55 Å². The van der Waals surface area contributed by atoms with E-state index in [0.29, 0.717) is 18.4 Å². The van der Waals surface area contributed by atoms with E-state index in [4.69, 9.17) is 11.1 Å². The Hall–Kier alpha value is -3.06. The molecule has 7 heteroatoms. The molecule has 0 saturated heterocycles. The Bertz CT molecular complexity index is 996. The van der Waals surface area contributed by atoms with Crippen LogP contribution in [-0.4, -0.2) is 34.7 Å². The van der Waals surface area contributed by atoms with Crippen LogP contribution >= 0.6 is 11.8 Å². The van der Waals surface area contributed by atoms with Gasteiger partial charge in [0, 0.05) is 23.1 Å². The lowest BCUT2D eigenvalue weighted by atomic mass is 10.0. The Morgan fingerprint density at radius 1 is 1.21 bits per heavy atom. The third-order valence-corrected chi connectivity index (χ3v) is 5.20. The number of nitrogen functional groups attached to an aromatic ring is 1. The summed E-state index contributed by atoms with van der Waals surface area (Å²) >= 11 is 1.66. The summed E-state index contributed by atoms with van der Waals surface area (Å²) in [6.07, 6.45) is 6.62. The number of nitrogens with two attached hydrogens (primary N) is 1. The van der Waals surface area contributed by atoms with E-state index in [1.807, 2.05) is 41.3 Å². The van der Waals surface area contributed by atoms with Crippen molar-refractivity contribution in [2.75, 3.05) is 13.4 Å². The summed E-state index contributed by atoms with van der Waals surface area (Å²) in [6.45, 7) is 0. The van der Waals surface area contributed by atoms with Gasteiger partial charge in [0.1, 0.15) is 5.84 Å². The molecule has 0 spiro atoms. The lowest BCUT2D eigenvalue weighted by Crippen LogP contribution is -2.10. The number of benzene rings is 2. The van der Waals surface area contributed by atoms with Crippen LogP contribution in [-0.2, 0) is 16.0 Å². The number of carbonyl (C=O) groups is 1. The number of amidine groups is 1. The summed E-state index contributed by atoms with van der Waals surface area (Å²) < 4.78 is 6.65. The first-order chi connectivity index (χ1) is 13.5. The van der Waals surface area contributed by atoms with Crippen molar-refractivity contribution in [2.45, 2.75) is 17.7 Å². The summed E-state index contributed by atoms with van der Waals surface area (Å²) in [5.74, 6) is -0.172. The van der Waals surface area contributed by atoms with Crippen LogP contribution in [0.2, 0.25) is 0 Å². The van der Waals surface area contributed by atoms with Crippen molar-refractivity contribution in [2.24, 2.45) is 5.73 Å². The predicted molar refractivity (Wildman–Crippen MR) is 112 cm³/mol. The second-order valence-corrected chi connectivity index (χ2v) is 7.07. The lowest BCUT2D eigenvalue weighted by molar-refractivity contribution is -0.140. The Labute approximate surface area is 168 Å². The first-order valence-electron chi connectivity index (χ1n) is 8.74. The molecular formula is C21H22N4O2S. The van der Waals surface area contributed by atoms with Crippen LogP contribution in [0.3, 0.4) is 0 Å². The Morgan fingerprint density at radius 3 is 2.57 bits per heavy atom. The van der Waals surface area contributed by atoms with Crippen molar-refractivity contribution in [3.8, 4) is 16.8 Å². The maximum Gasteiger partial charge on any atom is 0.305 e. The van der Waals surface area contributed by atoms with Crippen LogP contribution in [0.5, 0.6) is 0 Å². The third kappa shape index (κ3) is 4.43. The molecule has 0 aliphatic carbocycles. The average Bonchev–Trinajstić information content (AvgIpc) is 3.20. The summed E-state index contributed by atoms with van der Waals surface area (Å²) in [4.78, 5) is 16.8. The van der Waals surface area contributed by atoms with Gasteiger partial charge in [-0.15, -0.1) is 11.8 Å². The highest BCUT2D eigenvalue weighted by atomic mass is 32.2. The number of rotatable bonds is 7. The number of hydrogen-bond donors (Lipinski definition) is 2. The Kier molecular flexibility index (Phi) is 6.16. The molecule has 0 aliphatic rings. The molecule has 0 bridgehead atoms. The van der Waals surface area contributed by atoms with Gasteiger partial charge in [-0.1, -0.05) is 30.3 Å². The summed E-state index contributed by atoms with van der Waals surface area (Å²) in [5, 5.41) is 7.50. The van der Waals surface area contributed by atoms with E-state index >= 15 is 0 Å². The molecule has 0 aliphatic heterocycles. The van der Waals surface area contributed by atoms with E-state index in [-0.39, 0.29) is 11.8 Å². The average molecular weight is 395 g/mol. The topological polar surface area (TPSA) is 94.0 Å². The number of hydrogen-bond acceptors (Lipinski definition) is 5. The minimum atomic E-state index is -0.237. The Morgan fingerprint density at radius 2 is 1.93 bits per heavy atom. The zero-order chi connectivity index (χ0) is 20.1. The van der Waals surface area contributed by atoms with Crippen LogP contribution in [0.25, 0.3) is 16.8 Å². The van der Waals surface area contributed by atoms with E-state index in [2.05, 4.69) is 27.9 Å². The van der Waals surface area contributed by atoms with Crippen LogP contribution in [0, 0.1) is 5.41 Å². The first-order valence-corrected chi connectivity index (χ1v) is 9.97. The number of ether oxygens (including phenoxy) is 1. The predicted octanol–water partition coefficient (Wildman–Crippen LogP) is 3.65. The van der Waals surface area contributed by atoms with Gasteiger partial charge in [0.25, 0.3) is 0 Å². The molecule has 6 nitrogen and oxygen atoms in total. The van der Waals surface area contributed by atoms with E-state index < -0.39 is 0 Å². The van der Waals surface area contributed by atoms with E-state index in [1.165, 1.54) is 7.11 Å². The van der Waals surface area contributed by atoms with Crippen LogP contribution in [0.1, 0.15) is 17.7 Å². The quantitative estimate of drug-likeness (QED) is 0.276. The second-order valence-electron chi connectivity index (χ2n) is 6.23. The monoisotopic (exact) mass is 394 g/mol. The molecule has 144 valence electrons. The zero-order valence-corrected chi connectivity index (χ0v) is 16.6. The van der Waals surface area contributed by atoms with Crippen LogP contribution in [0.15, 0.2) is 59.9 Å². The van der Waals surface area contributed by atoms with Gasteiger partial charge < -0.3 is 15.0 Å². The first kappa shape index (κ1) is 19.7. The fourth-order valence-electron chi connectivity index (χ4n) is 2.87. The highest BCUT2D eigenvalue weighted by Gasteiger charge is 2.10. The molecule has 2 aromatic carbocycles. The van der Waals surface area contributed by atoms with Gasteiger partial charge in [-0.05, 0) is 29.5 Å². The molecule has 0 atom stereocenters. The van der Waals surface area contributed by atoms with E-state index in [9.17, 15) is 4.79 Å². The van der Waals surface area contributed by atoms with Gasteiger partial charge in [0.2, 0.25) is 0 Å². The fraction of sp³-hybridized carbons (Fsp3) is 0.190. The van der Waals surface area contributed by atoms with Gasteiger partial charge in [-0.3, -0.25) is 10.2 Å².